The lowest BCUT2D eigenvalue weighted by molar-refractivity contribution is -0.0515. The predicted octanol–water partition coefficient (Wildman–Crippen LogP) is 2.15. The Bertz CT molecular complexity index is 526. The van der Waals surface area contributed by atoms with E-state index in [-0.39, 0.29) is 29.0 Å². The number of rotatable bonds is 6. The fourth-order valence-corrected chi connectivity index (χ4v) is 2.82. The van der Waals surface area contributed by atoms with Crippen LogP contribution in [0.15, 0.2) is 18.2 Å². The zero-order valence-corrected chi connectivity index (χ0v) is 12.4. The van der Waals surface area contributed by atoms with Crippen molar-refractivity contribution in [3.05, 3.63) is 23.8 Å². The van der Waals surface area contributed by atoms with Crippen LogP contribution in [0.25, 0.3) is 0 Å². The SMILES string of the molecule is COc1cccc(C(=O)NC2CCCC2CN)c1OC(F)F. The van der Waals surface area contributed by atoms with Gasteiger partial charge < -0.3 is 20.5 Å². The van der Waals surface area contributed by atoms with Gasteiger partial charge in [0, 0.05) is 6.04 Å². The molecule has 1 aliphatic rings. The quantitative estimate of drug-likeness (QED) is 0.844. The number of para-hydroxylation sites is 1. The van der Waals surface area contributed by atoms with E-state index in [1.54, 1.807) is 6.07 Å². The van der Waals surface area contributed by atoms with Crippen molar-refractivity contribution >= 4 is 5.91 Å². The Labute approximate surface area is 127 Å². The van der Waals surface area contributed by atoms with Crippen molar-refractivity contribution in [2.75, 3.05) is 13.7 Å². The van der Waals surface area contributed by atoms with Crippen LogP contribution in [0.4, 0.5) is 8.78 Å². The molecular weight excluding hydrogens is 294 g/mol. The highest BCUT2D eigenvalue weighted by Gasteiger charge is 2.29. The molecule has 5 nitrogen and oxygen atoms in total. The predicted molar refractivity (Wildman–Crippen MR) is 77.3 cm³/mol. The minimum atomic E-state index is -3.04. The van der Waals surface area contributed by atoms with E-state index < -0.39 is 12.5 Å². The molecule has 2 rings (SSSR count). The third-order valence-corrected chi connectivity index (χ3v) is 3.93. The van der Waals surface area contributed by atoms with Gasteiger partial charge in [0.25, 0.3) is 5.91 Å². The summed E-state index contributed by atoms with van der Waals surface area (Å²) in [4.78, 5) is 12.4. The van der Waals surface area contributed by atoms with Crippen LogP contribution in [-0.2, 0) is 0 Å². The molecule has 3 N–H and O–H groups in total. The molecule has 0 heterocycles. The third-order valence-electron chi connectivity index (χ3n) is 3.93. The third kappa shape index (κ3) is 3.65. The summed E-state index contributed by atoms with van der Waals surface area (Å²) in [5.74, 6) is -0.400. The minimum absolute atomic E-state index is 0.0299. The smallest absolute Gasteiger partial charge is 0.387 e. The number of hydrogen-bond acceptors (Lipinski definition) is 4. The van der Waals surface area contributed by atoms with Crippen molar-refractivity contribution < 1.29 is 23.0 Å². The van der Waals surface area contributed by atoms with Crippen molar-refractivity contribution in [3.63, 3.8) is 0 Å². The number of ether oxygens (including phenoxy) is 2. The Morgan fingerprint density at radius 3 is 2.86 bits per heavy atom. The van der Waals surface area contributed by atoms with Crippen LogP contribution in [0, 0.1) is 5.92 Å². The van der Waals surface area contributed by atoms with Crippen molar-refractivity contribution in [1.82, 2.24) is 5.32 Å². The lowest BCUT2D eigenvalue weighted by Gasteiger charge is -2.21. The number of methoxy groups -OCH3 is 1. The second kappa shape index (κ2) is 7.40. The van der Waals surface area contributed by atoms with Crippen molar-refractivity contribution in [2.24, 2.45) is 11.7 Å². The maximum absolute atomic E-state index is 12.6. The first-order valence-corrected chi connectivity index (χ1v) is 7.19. The zero-order valence-electron chi connectivity index (χ0n) is 12.4. The van der Waals surface area contributed by atoms with Gasteiger partial charge in [0.2, 0.25) is 0 Å². The molecule has 1 fully saturated rings. The maximum Gasteiger partial charge on any atom is 0.387 e. The van der Waals surface area contributed by atoms with Crippen LogP contribution in [0.2, 0.25) is 0 Å². The normalized spacial score (nSPS) is 21.0. The highest BCUT2D eigenvalue weighted by atomic mass is 19.3. The molecule has 0 spiro atoms. The molecule has 0 aromatic heterocycles. The molecule has 122 valence electrons. The molecule has 1 saturated carbocycles. The van der Waals surface area contributed by atoms with Crippen LogP contribution < -0.4 is 20.5 Å². The molecule has 1 aliphatic carbocycles. The van der Waals surface area contributed by atoms with E-state index >= 15 is 0 Å². The number of benzene rings is 1. The molecule has 1 amide bonds. The van der Waals surface area contributed by atoms with Crippen LogP contribution in [0.5, 0.6) is 11.5 Å². The van der Waals surface area contributed by atoms with E-state index in [2.05, 4.69) is 10.1 Å². The minimum Gasteiger partial charge on any atom is -0.493 e. The number of hydrogen-bond donors (Lipinski definition) is 2. The molecule has 0 radical (unpaired) electrons. The molecule has 7 heteroatoms. The molecule has 2 atom stereocenters. The van der Waals surface area contributed by atoms with Gasteiger partial charge in [-0.15, -0.1) is 0 Å². The van der Waals surface area contributed by atoms with Crippen molar-refractivity contribution in [1.29, 1.82) is 0 Å². The Morgan fingerprint density at radius 1 is 1.45 bits per heavy atom. The Balaban J connectivity index is 2.21. The van der Waals surface area contributed by atoms with Crippen molar-refractivity contribution in [3.8, 4) is 11.5 Å². The molecule has 1 aromatic carbocycles. The van der Waals surface area contributed by atoms with E-state index in [9.17, 15) is 13.6 Å². The van der Waals surface area contributed by atoms with Gasteiger partial charge in [0.05, 0.1) is 12.7 Å². The number of halogens is 2. The summed E-state index contributed by atoms with van der Waals surface area (Å²) in [5, 5.41) is 2.86. The standard InChI is InChI=1S/C15H20F2N2O3/c1-21-12-7-3-5-10(13(12)22-15(16)17)14(20)19-11-6-2-4-9(11)8-18/h3,5,7,9,11,15H,2,4,6,8,18H2,1H3,(H,19,20). The summed E-state index contributed by atoms with van der Waals surface area (Å²) in [6, 6.07) is 4.42. The van der Waals surface area contributed by atoms with Gasteiger partial charge in [-0.3, -0.25) is 4.79 Å². The maximum atomic E-state index is 12.6. The average Bonchev–Trinajstić information content (AvgIpc) is 2.93. The number of carbonyl (C=O) groups excluding carboxylic acids is 1. The van der Waals surface area contributed by atoms with E-state index in [1.807, 2.05) is 0 Å². The Hall–Kier alpha value is -1.89. The Kier molecular flexibility index (Phi) is 5.54. The number of nitrogens with one attached hydrogen (secondary N) is 1. The molecule has 22 heavy (non-hydrogen) atoms. The highest BCUT2D eigenvalue weighted by molar-refractivity contribution is 5.98. The zero-order chi connectivity index (χ0) is 16.1. The van der Waals surface area contributed by atoms with E-state index in [4.69, 9.17) is 10.5 Å². The molecule has 0 aliphatic heterocycles. The van der Waals surface area contributed by atoms with Gasteiger partial charge in [0.1, 0.15) is 0 Å². The molecule has 2 unspecified atom stereocenters. The van der Waals surface area contributed by atoms with Gasteiger partial charge in [-0.1, -0.05) is 12.5 Å². The van der Waals surface area contributed by atoms with Crippen LogP contribution in [0.1, 0.15) is 29.6 Å². The van der Waals surface area contributed by atoms with Gasteiger partial charge in [-0.2, -0.15) is 8.78 Å². The molecule has 0 saturated heterocycles. The number of carbonyl (C=O) groups is 1. The first kappa shape index (κ1) is 16.5. The number of amides is 1. The summed E-state index contributed by atoms with van der Waals surface area (Å²) in [5.41, 5.74) is 5.71. The summed E-state index contributed by atoms with van der Waals surface area (Å²) in [6.07, 6.45) is 2.79. The molecule has 0 bridgehead atoms. The van der Waals surface area contributed by atoms with E-state index in [1.165, 1.54) is 19.2 Å². The second-order valence-electron chi connectivity index (χ2n) is 5.22. The van der Waals surface area contributed by atoms with Gasteiger partial charge in [0.15, 0.2) is 11.5 Å². The van der Waals surface area contributed by atoms with E-state index in [0.29, 0.717) is 6.54 Å². The van der Waals surface area contributed by atoms with Crippen LogP contribution >= 0.6 is 0 Å². The first-order valence-electron chi connectivity index (χ1n) is 7.19. The van der Waals surface area contributed by atoms with E-state index in [0.717, 1.165) is 19.3 Å². The van der Waals surface area contributed by atoms with Crippen LogP contribution in [-0.4, -0.2) is 32.2 Å². The summed E-state index contributed by atoms with van der Waals surface area (Å²) in [6.45, 7) is -2.55. The van der Waals surface area contributed by atoms with Crippen LogP contribution in [0.3, 0.4) is 0 Å². The topological polar surface area (TPSA) is 73.6 Å². The van der Waals surface area contributed by atoms with Crippen molar-refractivity contribution in [2.45, 2.75) is 31.9 Å². The average molecular weight is 314 g/mol. The highest BCUT2D eigenvalue weighted by Crippen LogP contribution is 2.33. The largest absolute Gasteiger partial charge is 0.493 e. The number of nitrogens with two attached hydrogens (primary N) is 1. The monoisotopic (exact) mass is 314 g/mol. The Morgan fingerprint density at radius 2 is 2.23 bits per heavy atom. The fraction of sp³-hybridized carbons (Fsp3) is 0.533. The molecule has 1 aromatic rings. The van der Waals surface area contributed by atoms with Gasteiger partial charge in [-0.05, 0) is 37.4 Å². The second-order valence-corrected chi connectivity index (χ2v) is 5.22. The first-order chi connectivity index (χ1) is 10.6. The lowest BCUT2D eigenvalue weighted by Crippen LogP contribution is -2.40. The number of alkyl halides is 2. The summed E-state index contributed by atoms with van der Waals surface area (Å²) >= 11 is 0. The van der Waals surface area contributed by atoms with Gasteiger partial charge in [-0.25, -0.2) is 0 Å². The summed E-state index contributed by atoms with van der Waals surface area (Å²) in [7, 11) is 1.33. The summed E-state index contributed by atoms with van der Waals surface area (Å²) < 4.78 is 34.6. The molecular formula is C15H20F2N2O3. The lowest BCUT2D eigenvalue weighted by atomic mass is 10.0. The van der Waals surface area contributed by atoms with Gasteiger partial charge >= 0.3 is 6.61 Å². The fourth-order valence-electron chi connectivity index (χ4n) is 2.82.